The SMILES string of the molecule is CC(C)(O)C#Cc1ccc(C(=O)N2CC[C@@H](c3ccccc3Cl)C2)o1. The van der Waals surface area contributed by atoms with Crippen LogP contribution < -0.4 is 0 Å². The van der Waals surface area contributed by atoms with Crippen LogP contribution in [0.25, 0.3) is 0 Å². The van der Waals surface area contributed by atoms with Gasteiger partial charge in [0.15, 0.2) is 11.5 Å². The van der Waals surface area contributed by atoms with E-state index in [9.17, 15) is 9.90 Å². The van der Waals surface area contributed by atoms with Crippen molar-refractivity contribution < 1.29 is 14.3 Å². The number of likely N-dealkylation sites (tertiary alicyclic amines) is 1. The van der Waals surface area contributed by atoms with Crippen LogP contribution in [-0.2, 0) is 0 Å². The quantitative estimate of drug-likeness (QED) is 0.834. The number of halogens is 1. The van der Waals surface area contributed by atoms with E-state index < -0.39 is 5.60 Å². The molecular weight excluding hydrogens is 338 g/mol. The summed E-state index contributed by atoms with van der Waals surface area (Å²) in [6, 6.07) is 11.0. The van der Waals surface area contributed by atoms with E-state index in [4.69, 9.17) is 16.0 Å². The topological polar surface area (TPSA) is 53.7 Å². The number of carbonyl (C=O) groups excluding carboxylic acids is 1. The number of hydrogen-bond acceptors (Lipinski definition) is 3. The van der Waals surface area contributed by atoms with Crippen molar-refractivity contribution in [1.82, 2.24) is 4.90 Å². The zero-order chi connectivity index (χ0) is 18.0. The van der Waals surface area contributed by atoms with Gasteiger partial charge >= 0.3 is 0 Å². The van der Waals surface area contributed by atoms with Crippen LogP contribution in [-0.4, -0.2) is 34.6 Å². The first-order chi connectivity index (χ1) is 11.8. The number of furan rings is 1. The molecule has 1 amide bonds. The number of carbonyl (C=O) groups is 1. The molecule has 1 atom stereocenters. The fourth-order valence-corrected chi connectivity index (χ4v) is 3.19. The van der Waals surface area contributed by atoms with E-state index in [0.29, 0.717) is 18.8 Å². The summed E-state index contributed by atoms with van der Waals surface area (Å²) < 4.78 is 5.52. The minimum absolute atomic E-state index is 0.147. The lowest BCUT2D eigenvalue weighted by molar-refractivity contribution is 0.0758. The Morgan fingerprint density at radius 2 is 2.08 bits per heavy atom. The summed E-state index contributed by atoms with van der Waals surface area (Å²) in [7, 11) is 0. The molecule has 0 unspecified atom stereocenters. The second-order valence-corrected chi connectivity index (χ2v) is 7.14. The average Bonchev–Trinajstić information content (AvgIpc) is 3.22. The third-order valence-electron chi connectivity index (χ3n) is 4.13. The Balaban J connectivity index is 1.69. The lowest BCUT2D eigenvalue weighted by Gasteiger charge is -2.15. The molecule has 1 aliphatic rings. The maximum atomic E-state index is 12.6. The molecule has 2 heterocycles. The van der Waals surface area contributed by atoms with Crippen LogP contribution in [0.5, 0.6) is 0 Å². The summed E-state index contributed by atoms with van der Waals surface area (Å²) >= 11 is 6.27. The normalized spacial score (nSPS) is 17.3. The molecule has 130 valence electrons. The molecule has 2 aromatic rings. The van der Waals surface area contributed by atoms with Crippen LogP contribution in [0.1, 0.15) is 48.1 Å². The molecule has 1 aliphatic heterocycles. The third kappa shape index (κ3) is 4.25. The van der Waals surface area contributed by atoms with E-state index in [1.807, 2.05) is 24.3 Å². The molecule has 1 saturated heterocycles. The van der Waals surface area contributed by atoms with Gasteiger partial charge in [-0.15, -0.1) is 0 Å². The van der Waals surface area contributed by atoms with Crippen molar-refractivity contribution in [3.8, 4) is 11.8 Å². The lowest BCUT2D eigenvalue weighted by Crippen LogP contribution is -2.28. The van der Waals surface area contributed by atoms with Crippen molar-refractivity contribution in [3.05, 3.63) is 58.5 Å². The highest BCUT2D eigenvalue weighted by Gasteiger charge is 2.30. The molecule has 1 aromatic carbocycles. The Labute approximate surface area is 152 Å². The zero-order valence-corrected chi connectivity index (χ0v) is 15.0. The number of hydrogen-bond donors (Lipinski definition) is 1. The van der Waals surface area contributed by atoms with Crippen molar-refractivity contribution in [2.75, 3.05) is 13.1 Å². The fourth-order valence-electron chi connectivity index (χ4n) is 2.90. The largest absolute Gasteiger partial charge is 0.443 e. The molecule has 3 rings (SSSR count). The molecule has 1 aromatic heterocycles. The van der Waals surface area contributed by atoms with Crippen LogP contribution in [0.15, 0.2) is 40.8 Å². The Morgan fingerprint density at radius 1 is 1.32 bits per heavy atom. The van der Waals surface area contributed by atoms with Crippen LogP contribution in [0, 0.1) is 11.8 Å². The van der Waals surface area contributed by atoms with Gasteiger partial charge < -0.3 is 14.4 Å². The number of amides is 1. The van der Waals surface area contributed by atoms with E-state index in [1.165, 1.54) is 0 Å². The fraction of sp³-hybridized carbons (Fsp3) is 0.350. The van der Waals surface area contributed by atoms with Crippen LogP contribution in [0.2, 0.25) is 5.02 Å². The highest BCUT2D eigenvalue weighted by atomic mass is 35.5. The Bertz CT molecular complexity index is 838. The molecule has 0 aliphatic carbocycles. The summed E-state index contributed by atoms with van der Waals surface area (Å²) in [6.07, 6.45) is 0.877. The van der Waals surface area contributed by atoms with Gasteiger partial charge in [-0.2, -0.15) is 0 Å². The highest BCUT2D eigenvalue weighted by molar-refractivity contribution is 6.31. The number of benzene rings is 1. The van der Waals surface area contributed by atoms with E-state index in [0.717, 1.165) is 17.0 Å². The molecular formula is C20H20ClNO3. The van der Waals surface area contributed by atoms with Gasteiger partial charge in [-0.05, 0) is 50.0 Å². The predicted octanol–water partition coefficient (Wildman–Crippen LogP) is 3.69. The van der Waals surface area contributed by atoms with Gasteiger partial charge in [0.1, 0.15) is 5.60 Å². The van der Waals surface area contributed by atoms with Gasteiger partial charge in [-0.1, -0.05) is 35.7 Å². The minimum atomic E-state index is -1.10. The summed E-state index contributed by atoms with van der Waals surface area (Å²) in [6.45, 7) is 4.47. The average molecular weight is 358 g/mol. The molecule has 0 saturated carbocycles. The van der Waals surface area contributed by atoms with Gasteiger partial charge in [0, 0.05) is 24.0 Å². The molecule has 0 radical (unpaired) electrons. The molecule has 5 heteroatoms. The first-order valence-corrected chi connectivity index (χ1v) is 8.60. The van der Waals surface area contributed by atoms with Gasteiger partial charge in [0.05, 0.1) is 0 Å². The van der Waals surface area contributed by atoms with Crippen molar-refractivity contribution in [2.45, 2.75) is 31.8 Å². The van der Waals surface area contributed by atoms with Gasteiger partial charge in [-0.3, -0.25) is 4.79 Å². The predicted molar refractivity (Wildman–Crippen MR) is 96.6 cm³/mol. The molecule has 25 heavy (non-hydrogen) atoms. The highest BCUT2D eigenvalue weighted by Crippen LogP contribution is 2.32. The Kier molecular flexibility index (Phi) is 4.89. The molecule has 0 spiro atoms. The van der Waals surface area contributed by atoms with Crippen molar-refractivity contribution in [3.63, 3.8) is 0 Å². The maximum absolute atomic E-state index is 12.6. The Morgan fingerprint density at radius 3 is 2.80 bits per heavy atom. The van der Waals surface area contributed by atoms with E-state index in [2.05, 4.69) is 11.8 Å². The van der Waals surface area contributed by atoms with Crippen molar-refractivity contribution >= 4 is 17.5 Å². The van der Waals surface area contributed by atoms with Crippen molar-refractivity contribution in [2.24, 2.45) is 0 Å². The number of nitrogens with zero attached hydrogens (tertiary/aromatic N) is 1. The van der Waals surface area contributed by atoms with Crippen molar-refractivity contribution in [1.29, 1.82) is 0 Å². The zero-order valence-electron chi connectivity index (χ0n) is 14.3. The lowest BCUT2D eigenvalue weighted by atomic mass is 9.98. The number of rotatable bonds is 2. The standard InChI is InChI=1S/C20H20ClNO3/c1-20(2,24)11-9-15-7-8-18(25-15)19(23)22-12-10-14(13-22)16-5-3-4-6-17(16)21/h3-8,14,24H,10,12-13H2,1-2H3/t14-/m1/s1. The Hall–Kier alpha value is -2.22. The monoisotopic (exact) mass is 357 g/mol. The van der Waals surface area contributed by atoms with E-state index in [1.54, 1.807) is 30.9 Å². The maximum Gasteiger partial charge on any atom is 0.289 e. The van der Waals surface area contributed by atoms with Crippen LogP contribution in [0.3, 0.4) is 0 Å². The molecule has 0 bridgehead atoms. The van der Waals surface area contributed by atoms with Gasteiger partial charge in [0.25, 0.3) is 5.91 Å². The van der Waals surface area contributed by atoms with Gasteiger partial charge in [0.2, 0.25) is 0 Å². The minimum Gasteiger partial charge on any atom is -0.443 e. The second kappa shape index (κ2) is 6.95. The molecule has 1 fully saturated rings. The summed E-state index contributed by atoms with van der Waals surface area (Å²) in [5.74, 6) is 6.13. The first kappa shape index (κ1) is 17.6. The van der Waals surface area contributed by atoms with Gasteiger partial charge in [-0.25, -0.2) is 0 Å². The summed E-state index contributed by atoms with van der Waals surface area (Å²) in [5, 5.41) is 10.4. The second-order valence-electron chi connectivity index (χ2n) is 6.73. The molecule has 4 nitrogen and oxygen atoms in total. The summed E-state index contributed by atoms with van der Waals surface area (Å²) in [4.78, 5) is 14.4. The summed E-state index contributed by atoms with van der Waals surface area (Å²) in [5.41, 5.74) is -0.0238. The smallest absolute Gasteiger partial charge is 0.289 e. The van der Waals surface area contributed by atoms with E-state index >= 15 is 0 Å². The molecule has 1 N–H and O–H groups in total. The number of aliphatic hydroxyl groups is 1. The third-order valence-corrected chi connectivity index (χ3v) is 4.47. The van der Waals surface area contributed by atoms with E-state index in [-0.39, 0.29) is 17.6 Å². The van der Waals surface area contributed by atoms with Crippen LogP contribution >= 0.6 is 11.6 Å². The van der Waals surface area contributed by atoms with Crippen LogP contribution in [0.4, 0.5) is 0 Å². The first-order valence-electron chi connectivity index (χ1n) is 8.22.